The first-order chi connectivity index (χ1) is 13.4. The van der Waals surface area contributed by atoms with Gasteiger partial charge in [-0.15, -0.1) is 0 Å². The molecule has 3 atom stereocenters. The predicted molar refractivity (Wildman–Crippen MR) is 115 cm³/mol. The normalized spacial score (nSPS) is 26.1. The van der Waals surface area contributed by atoms with Crippen LogP contribution in [0.25, 0.3) is 0 Å². The quantitative estimate of drug-likeness (QED) is 0.291. The first kappa shape index (κ1) is 25.0. The number of unbranched alkanes of at least 4 members (excludes halogenated alkanes) is 9. The summed E-state index contributed by atoms with van der Waals surface area (Å²) in [7, 11) is 0. The van der Waals surface area contributed by atoms with Crippen LogP contribution in [-0.4, -0.2) is 22.2 Å². The van der Waals surface area contributed by atoms with Crippen LogP contribution in [0.3, 0.4) is 0 Å². The zero-order chi connectivity index (χ0) is 21.0. The third kappa shape index (κ3) is 5.73. The van der Waals surface area contributed by atoms with E-state index >= 15 is 0 Å². The highest BCUT2D eigenvalue weighted by atomic mass is 16.4. The molecule has 1 aliphatic rings. The molecule has 4 heteroatoms. The van der Waals surface area contributed by atoms with Crippen molar-refractivity contribution in [1.82, 2.24) is 0 Å². The van der Waals surface area contributed by atoms with Crippen LogP contribution in [0.4, 0.5) is 0 Å². The number of aliphatic carboxylic acids is 2. The van der Waals surface area contributed by atoms with Crippen LogP contribution in [0.2, 0.25) is 0 Å². The fraction of sp³-hybridized carbons (Fsp3) is 0.917. The molecule has 0 saturated heterocycles. The van der Waals surface area contributed by atoms with Crippen molar-refractivity contribution in [2.24, 2.45) is 16.7 Å². The molecule has 4 nitrogen and oxygen atoms in total. The molecule has 1 saturated carbocycles. The molecule has 0 aromatic carbocycles. The van der Waals surface area contributed by atoms with Crippen molar-refractivity contribution in [2.45, 2.75) is 124 Å². The van der Waals surface area contributed by atoms with Crippen molar-refractivity contribution in [3.05, 3.63) is 0 Å². The Morgan fingerprint density at radius 3 is 1.75 bits per heavy atom. The lowest BCUT2D eigenvalue weighted by molar-refractivity contribution is -0.188. The molecule has 0 spiro atoms. The standard InChI is InChI=1S/C24H44O4/c1-4-6-7-8-9-10-11-12-13-14-17-23(21(25)26)18-15-16-19-24(23,22(27)28)20(3)5-2/h20H,4-19H2,1-3H3,(H,25,26)(H,27,28). The Morgan fingerprint density at radius 2 is 1.29 bits per heavy atom. The molecule has 0 aromatic heterocycles. The van der Waals surface area contributed by atoms with Crippen LogP contribution in [-0.2, 0) is 9.59 Å². The summed E-state index contributed by atoms with van der Waals surface area (Å²) in [4.78, 5) is 24.9. The minimum Gasteiger partial charge on any atom is -0.481 e. The third-order valence-electron chi connectivity index (χ3n) is 7.48. The van der Waals surface area contributed by atoms with E-state index in [1.54, 1.807) is 0 Å². The minimum atomic E-state index is -1.12. The SMILES string of the molecule is CCCCCCCCCCCCC1(C(=O)O)CCCCC1(C(=O)O)C(C)CC. The van der Waals surface area contributed by atoms with E-state index in [0.29, 0.717) is 25.7 Å². The maximum atomic E-state index is 12.4. The Bertz CT molecular complexity index is 475. The average molecular weight is 397 g/mol. The molecule has 0 aromatic rings. The summed E-state index contributed by atoms with van der Waals surface area (Å²) in [5, 5.41) is 20.4. The van der Waals surface area contributed by atoms with Gasteiger partial charge in [0.1, 0.15) is 0 Å². The zero-order valence-corrected chi connectivity index (χ0v) is 18.6. The zero-order valence-electron chi connectivity index (χ0n) is 18.6. The van der Waals surface area contributed by atoms with Gasteiger partial charge in [-0.2, -0.15) is 0 Å². The average Bonchev–Trinajstić information content (AvgIpc) is 2.68. The first-order valence-electron chi connectivity index (χ1n) is 11.9. The van der Waals surface area contributed by atoms with Crippen LogP contribution >= 0.6 is 0 Å². The smallest absolute Gasteiger partial charge is 0.311 e. The van der Waals surface area contributed by atoms with E-state index in [2.05, 4.69) is 6.92 Å². The predicted octanol–water partition coefficient (Wildman–Crippen LogP) is 7.06. The molecule has 0 bridgehead atoms. The number of carboxylic acid groups (broad SMARTS) is 2. The van der Waals surface area contributed by atoms with E-state index in [1.807, 2.05) is 13.8 Å². The molecule has 1 aliphatic carbocycles. The topological polar surface area (TPSA) is 74.6 Å². The fourth-order valence-electron chi connectivity index (χ4n) is 5.55. The molecule has 0 radical (unpaired) electrons. The van der Waals surface area contributed by atoms with Gasteiger partial charge in [-0.3, -0.25) is 9.59 Å². The van der Waals surface area contributed by atoms with Crippen LogP contribution < -0.4 is 0 Å². The lowest BCUT2D eigenvalue weighted by Gasteiger charge is -2.51. The van der Waals surface area contributed by atoms with E-state index in [4.69, 9.17) is 0 Å². The first-order valence-corrected chi connectivity index (χ1v) is 11.9. The fourth-order valence-corrected chi connectivity index (χ4v) is 5.55. The number of rotatable bonds is 15. The van der Waals surface area contributed by atoms with Gasteiger partial charge >= 0.3 is 11.9 Å². The molecule has 2 N–H and O–H groups in total. The number of carboxylic acids is 2. The van der Waals surface area contributed by atoms with E-state index in [1.165, 1.54) is 44.9 Å². The highest BCUT2D eigenvalue weighted by molar-refractivity contribution is 5.87. The van der Waals surface area contributed by atoms with Gasteiger partial charge in [0.05, 0.1) is 10.8 Å². The summed E-state index contributed by atoms with van der Waals surface area (Å²) < 4.78 is 0. The second-order valence-corrected chi connectivity index (χ2v) is 9.11. The molecule has 164 valence electrons. The lowest BCUT2D eigenvalue weighted by Crippen LogP contribution is -2.57. The largest absolute Gasteiger partial charge is 0.481 e. The molecule has 0 heterocycles. The Hall–Kier alpha value is -1.06. The van der Waals surface area contributed by atoms with Crippen LogP contribution in [0.5, 0.6) is 0 Å². The van der Waals surface area contributed by atoms with Gasteiger partial charge in [-0.25, -0.2) is 0 Å². The summed E-state index contributed by atoms with van der Waals surface area (Å²) in [5.74, 6) is -1.90. The van der Waals surface area contributed by atoms with E-state index in [-0.39, 0.29) is 5.92 Å². The molecule has 1 rings (SSSR count). The highest BCUT2D eigenvalue weighted by Gasteiger charge is 2.63. The van der Waals surface area contributed by atoms with E-state index in [9.17, 15) is 19.8 Å². The molecule has 3 unspecified atom stereocenters. The maximum absolute atomic E-state index is 12.4. The Morgan fingerprint density at radius 1 is 0.786 bits per heavy atom. The van der Waals surface area contributed by atoms with Crippen molar-refractivity contribution in [2.75, 3.05) is 0 Å². The van der Waals surface area contributed by atoms with Gasteiger partial charge < -0.3 is 10.2 Å². The van der Waals surface area contributed by atoms with E-state index < -0.39 is 22.8 Å². The Labute approximate surface area is 172 Å². The number of hydrogen-bond acceptors (Lipinski definition) is 2. The van der Waals surface area contributed by atoms with Crippen molar-refractivity contribution >= 4 is 11.9 Å². The van der Waals surface area contributed by atoms with Gasteiger partial charge in [0.25, 0.3) is 0 Å². The van der Waals surface area contributed by atoms with Crippen LogP contribution in [0.15, 0.2) is 0 Å². The summed E-state index contributed by atoms with van der Waals surface area (Å²) in [6.45, 7) is 6.16. The summed E-state index contributed by atoms with van der Waals surface area (Å²) >= 11 is 0. The molecule has 0 aliphatic heterocycles. The number of carbonyl (C=O) groups is 2. The van der Waals surface area contributed by atoms with Gasteiger partial charge in [-0.1, -0.05) is 104 Å². The molecule has 28 heavy (non-hydrogen) atoms. The lowest BCUT2D eigenvalue weighted by atomic mass is 9.49. The highest BCUT2D eigenvalue weighted by Crippen LogP contribution is 2.58. The van der Waals surface area contributed by atoms with Gasteiger partial charge in [0.15, 0.2) is 0 Å². The second-order valence-electron chi connectivity index (χ2n) is 9.11. The summed E-state index contributed by atoms with van der Waals surface area (Å²) in [5.41, 5.74) is -2.22. The molecule has 0 amide bonds. The van der Waals surface area contributed by atoms with Crippen molar-refractivity contribution in [3.8, 4) is 0 Å². The van der Waals surface area contributed by atoms with Crippen LogP contribution in [0.1, 0.15) is 124 Å². The molecular weight excluding hydrogens is 352 g/mol. The monoisotopic (exact) mass is 396 g/mol. The molecular formula is C24H44O4. The van der Waals surface area contributed by atoms with Gasteiger partial charge in [-0.05, 0) is 25.2 Å². The summed E-state index contributed by atoms with van der Waals surface area (Å²) in [6, 6.07) is 0. The minimum absolute atomic E-state index is 0.121. The maximum Gasteiger partial charge on any atom is 0.311 e. The van der Waals surface area contributed by atoms with Crippen molar-refractivity contribution in [3.63, 3.8) is 0 Å². The van der Waals surface area contributed by atoms with Gasteiger partial charge in [0, 0.05) is 0 Å². The molecule has 1 fully saturated rings. The summed E-state index contributed by atoms with van der Waals surface area (Å²) in [6.07, 6.45) is 15.9. The van der Waals surface area contributed by atoms with E-state index in [0.717, 1.165) is 32.1 Å². The van der Waals surface area contributed by atoms with Crippen LogP contribution in [0, 0.1) is 16.7 Å². The Balaban J connectivity index is 2.64. The van der Waals surface area contributed by atoms with Gasteiger partial charge in [0.2, 0.25) is 0 Å². The third-order valence-corrected chi connectivity index (χ3v) is 7.48. The second kappa shape index (κ2) is 12.5. The Kier molecular flexibility index (Phi) is 11.1. The van der Waals surface area contributed by atoms with Crippen molar-refractivity contribution in [1.29, 1.82) is 0 Å². The van der Waals surface area contributed by atoms with Crippen molar-refractivity contribution < 1.29 is 19.8 Å². The number of hydrogen-bond donors (Lipinski definition) is 2.